The minimum atomic E-state index is -2.15. The van der Waals surface area contributed by atoms with Gasteiger partial charge in [0.05, 0.1) is 6.61 Å². The lowest BCUT2D eigenvalue weighted by molar-refractivity contribution is 0.248. The van der Waals surface area contributed by atoms with Gasteiger partial charge in [0.25, 0.3) is 0 Å². The lowest BCUT2D eigenvalue weighted by Crippen LogP contribution is -1.89. The first-order valence-electron chi connectivity index (χ1n) is 19.6. The lowest BCUT2D eigenvalue weighted by atomic mass is 10.0. The summed E-state index contributed by atoms with van der Waals surface area (Å²) in [6.45, 7) is 2.79. The van der Waals surface area contributed by atoms with Crippen LogP contribution in [0.15, 0.2) is 0 Å². The fourth-order valence-corrected chi connectivity index (χ4v) is 6.62. The van der Waals surface area contributed by atoms with Crippen LogP contribution in [0.4, 0.5) is 0 Å². The third kappa shape index (κ3) is 40.3. The van der Waals surface area contributed by atoms with Crippen LogP contribution in [0.25, 0.3) is 0 Å². The van der Waals surface area contributed by atoms with Crippen LogP contribution in [0, 0.1) is 0 Å². The van der Waals surface area contributed by atoms with E-state index in [-0.39, 0.29) is 0 Å². The number of hydrogen-bond donors (Lipinski definition) is 2. The molecule has 4 heteroatoms. The predicted octanol–water partition coefficient (Wildman–Crippen LogP) is 14.3. The topological polar surface area (TPSA) is 49.7 Å². The van der Waals surface area contributed by atoms with E-state index < -0.39 is 8.60 Å². The van der Waals surface area contributed by atoms with Crippen LogP contribution in [-0.2, 0) is 4.52 Å². The molecule has 42 heavy (non-hydrogen) atoms. The van der Waals surface area contributed by atoms with Crippen LogP contribution in [0.3, 0.4) is 0 Å². The van der Waals surface area contributed by atoms with E-state index in [1.165, 1.54) is 218 Å². The van der Waals surface area contributed by atoms with Crippen LogP contribution in [0.5, 0.6) is 0 Å². The van der Waals surface area contributed by atoms with Crippen LogP contribution < -0.4 is 0 Å². The highest BCUT2D eigenvalue weighted by Crippen LogP contribution is 2.24. The summed E-state index contributed by atoms with van der Waals surface area (Å²) in [5.74, 6) is 0. The van der Waals surface area contributed by atoms with Crippen LogP contribution >= 0.6 is 8.60 Å². The van der Waals surface area contributed by atoms with Crippen molar-refractivity contribution in [2.75, 3.05) is 6.61 Å². The Labute approximate surface area is 267 Å². The van der Waals surface area contributed by atoms with Crippen molar-refractivity contribution >= 4 is 8.60 Å². The second-order valence-electron chi connectivity index (χ2n) is 13.5. The first-order valence-corrected chi connectivity index (χ1v) is 20.7. The van der Waals surface area contributed by atoms with Gasteiger partial charge in [0, 0.05) is 0 Å². The van der Waals surface area contributed by atoms with E-state index in [4.69, 9.17) is 14.3 Å². The van der Waals surface area contributed by atoms with Crippen molar-refractivity contribution in [2.24, 2.45) is 0 Å². The summed E-state index contributed by atoms with van der Waals surface area (Å²) < 4.78 is 4.79. The molecule has 0 fully saturated rings. The fourth-order valence-electron chi connectivity index (χ4n) is 6.33. The lowest BCUT2D eigenvalue weighted by Gasteiger charge is -2.05. The summed E-state index contributed by atoms with van der Waals surface area (Å²) in [5, 5.41) is 0. The van der Waals surface area contributed by atoms with Crippen molar-refractivity contribution in [1.82, 2.24) is 0 Å². The Bertz CT molecular complexity index is 460. The second-order valence-corrected chi connectivity index (χ2v) is 14.2. The zero-order valence-corrected chi connectivity index (χ0v) is 29.8. The smallest absolute Gasteiger partial charge is 0.327 e. The molecule has 0 aliphatic heterocycles. The minimum absolute atomic E-state index is 0.484. The van der Waals surface area contributed by atoms with Crippen molar-refractivity contribution in [3.63, 3.8) is 0 Å². The summed E-state index contributed by atoms with van der Waals surface area (Å²) in [4.78, 5) is 17.4. The molecule has 0 amide bonds. The van der Waals surface area contributed by atoms with E-state index in [1.54, 1.807) is 0 Å². The number of hydrogen-bond acceptors (Lipinski definition) is 3. The molecule has 0 saturated heterocycles. The van der Waals surface area contributed by atoms with E-state index in [2.05, 4.69) is 6.92 Å². The molecule has 0 heterocycles. The molecule has 0 saturated carbocycles. The van der Waals surface area contributed by atoms with E-state index in [0.29, 0.717) is 6.61 Å². The van der Waals surface area contributed by atoms with Gasteiger partial charge < -0.3 is 14.3 Å². The van der Waals surface area contributed by atoms with E-state index in [9.17, 15) is 0 Å². The highest BCUT2D eigenvalue weighted by Gasteiger charge is 1.99. The zero-order chi connectivity index (χ0) is 30.4. The molecular weight excluding hydrogens is 535 g/mol. The predicted molar refractivity (Wildman–Crippen MR) is 189 cm³/mol. The zero-order valence-electron chi connectivity index (χ0n) is 28.9. The molecule has 0 aromatic heterocycles. The summed E-state index contributed by atoms with van der Waals surface area (Å²) in [6.07, 6.45) is 51.3. The average Bonchev–Trinajstić information content (AvgIpc) is 2.98. The SMILES string of the molecule is CCCCCCCCCCCCCCCCCCCCCCCCCCCCCCCCCCCCCCOP(O)O. The van der Waals surface area contributed by atoms with Crippen molar-refractivity contribution in [3.8, 4) is 0 Å². The van der Waals surface area contributed by atoms with E-state index in [0.717, 1.165) is 12.8 Å². The monoisotopic (exact) mass is 615 g/mol. The molecule has 0 rings (SSSR count). The average molecular weight is 615 g/mol. The molecule has 0 aromatic carbocycles. The summed E-state index contributed by atoms with van der Waals surface area (Å²) in [7, 11) is -2.15. The highest BCUT2D eigenvalue weighted by atomic mass is 31.2. The van der Waals surface area contributed by atoms with Crippen molar-refractivity contribution in [1.29, 1.82) is 0 Å². The maximum atomic E-state index is 8.68. The van der Waals surface area contributed by atoms with Crippen molar-refractivity contribution in [3.05, 3.63) is 0 Å². The van der Waals surface area contributed by atoms with Gasteiger partial charge in [0.1, 0.15) is 0 Å². The minimum Gasteiger partial charge on any atom is -0.328 e. The van der Waals surface area contributed by atoms with Gasteiger partial charge in [0.2, 0.25) is 0 Å². The number of rotatable bonds is 38. The Morgan fingerprint density at radius 3 is 0.619 bits per heavy atom. The molecule has 0 unspecified atom stereocenters. The molecular formula is C38H79O3P. The molecule has 0 aliphatic carbocycles. The quantitative estimate of drug-likeness (QED) is 0.0537. The Morgan fingerprint density at radius 2 is 0.452 bits per heavy atom. The van der Waals surface area contributed by atoms with Crippen LogP contribution in [-0.4, -0.2) is 16.4 Å². The van der Waals surface area contributed by atoms with Gasteiger partial charge in [0.15, 0.2) is 0 Å². The van der Waals surface area contributed by atoms with Gasteiger partial charge in [-0.1, -0.05) is 232 Å². The first kappa shape index (κ1) is 42.3. The van der Waals surface area contributed by atoms with Gasteiger partial charge in [-0.15, -0.1) is 0 Å². The molecule has 0 atom stereocenters. The van der Waals surface area contributed by atoms with Gasteiger partial charge >= 0.3 is 8.60 Å². The third-order valence-corrected chi connectivity index (χ3v) is 9.62. The van der Waals surface area contributed by atoms with Crippen LogP contribution in [0.1, 0.15) is 238 Å². The molecule has 0 bridgehead atoms. The Kier molecular flexibility index (Phi) is 39.6. The van der Waals surface area contributed by atoms with Gasteiger partial charge in [-0.05, 0) is 6.42 Å². The van der Waals surface area contributed by atoms with E-state index in [1.807, 2.05) is 0 Å². The summed E-state index contributed by atoms with van der Waals surface area (Å²) in [6, 6.07) is 0. The Morgan fingerprint density at radius 1 is 0.286 bits per heavy atom. The summed E-state index contributed by atoms with van der Waals surface area (Å²) in [5.41, 5.74) is 0. The number of unbranched alkanes of at least 4 members (excludes halogenated alkanes) is 35. The normalized spacial score (nSPS) is 11.7. The fraction of sp³-hybridized carbons (Fsp3) is 1.00. The molecule has 3 nitrogen and oxygen atoms in total. The van der Waals surface area contributed by atoms with Gasteiger partial charge in [-0.2, -0.15) is 0 Å². The molecule has 2 N–H and O–H groups in total. The second kappa shape index (κ2) is 39.3. The van der Waals surface area contributed by atoms with Crippen LogP contribution in [0.2, 0.25) is 0 Å². The van der Waals surface area contributed by atoms with Gasteiger partial charge in [-0.3, -0.25) is 0 Å². The maximum Gasteiger partial charge on any atom is 0.327 e. The standard InChI is InChI=1S/C38H79O3P/c1-2-3-4-5-6-7-8-9-10-11-12-13-14-15-16-17-18-19-20-21-22-23-24-25-26-27-28-29-30-31-32-33-34-35-36-37-38-41-42(39)40/h39-40H,2-38H2,1H3. The largest absolute Gasteiger partial charge is 0.328 e. The summed E-state index contributed by atoms with van der Waals surface area (Å²) >= 11 is 0. The Hall–Kier alpha value is 0.310. The molecule has 0 radical (unpaired) electrons. The first-order chi connectivity index (χ1) is 20.8. The van der Waals surface area contributed by atoms with Crippen molar-refractivity contribution in [2.45, 2.75) is 238 Å². The highest BCUT2D eigenvalue weighted by molar-refractivity contribution is 7.39. The third-order valence-electron chi connectivity index (χ3n) is 9.20. The molecule has 0 spiro atoms. The molecule has 0 aliphatic rings. The van der Waals surface area contributed by atoms with Crippen molar-refractivity contribution < 1.29 is 14.3 Å². The molecule has 0 aromatic rings. The Balaban J connectivity index is 3.03. The molecule has 254 valence electrons. The van der Waals surface area contributed by atoms with Gasteiger partial charge in [-0.25, -0.2) is 0 Å². The maximum absolute atomic E-state index is 8.68. The van der Waals surface area contributed by atoms with E-state index >= 15 is 0 Å².